The van der Waals surface area contributed by atoms with Crippen molar-refractivity contribution in [1.29, 1.82) is 0 Å². The van der Waals surface area contributed by atoms with Crippen LogP contribution in [0.2, 0.25) is 0 Å². The first-order valence-corrected chi connectivity index (χ1v) is 6.13. The molecule has 0 heterocycles. The van der Waals surface area contributed by atoms with Gasteiger partial charge in [0.05, 0.1) is 0 Å². The second-order valence-electron chi connectivity index (χ2n) is 3.19. The van der Waals surface area contributed by atoms with E-state index in [0.717, 1.165) is 12.8 Å². The number of carbonyl (C=O) groups excluding carboxylic acids is 1. The maximum Gasteiger partial charge on any atom is 0.359 e. The highest BCUT2D eigenvalue weighted by Crippen LogP contribution is 2.12. The fraction of sp³-hybridized carbons (Fsp3) is 0.875. The highest BCUT2D eigenvalue weighted by atomic mass is 32.2. The molecule has 0 rings (SSSR count). The van der Waals surface area contributed by atoms with E-state index in [1.165, 1.54) is 0 Å². The van der Waals surface area contributed by atoms with Gasteiger partial charge in [0.15, 0.2) is 0 Å². The molecule has 0 spiro atoms. The van der Waals surface area contributed by atoms with E-state index in [-0.39, 0.29) is 5.92 Å². The third kappa shape index (κ3) is 5.93. The summed E-state index contributed by atoms with van der Waals surface area (Å²) in [7, 11) is -4.40. The molecule has 0 bridgehead atoms. The van der Waals surface area contributed by atoms with Crippen LogP contribution in [0.25, 0.3) is 0 Å². The largest absolute Gasteiger partial charge is 0.359 e. The van der Waals surface area contributed by atoms with E-state index in [0.29, 0.717) is 12.8 Å². The molecule has 0 aromatic carbocycles. The summed E-state index contributed by atoms with van der Waals surface area (Å²) in [6, 6.07) is 0. The molecule has 0 aliphatic rings. The lowest BCUT2D eigenvalue weighted by atomic mass is 9.99. The van der Waals surface area contributed by atoms with Crippen molar-refractivity contribution < 1.29 is 17.8 Å². The van der Waals surface area contributed by atoms with E-state index < -0.39 is 16.2 Å². The lowest BCUT2D eigenvalue weighted by molar-refractivity contribution is -0.123. The number of hydrogen-bond donors (Lipinski definition) is 2. The topological polar surface area (TPSA) is 83.5 Å². The monoisotopic (exact) mass is 223 g/mol. The Kier molecular flexibility index (Phi) is 5.71. The summed E-state index contributed by atoms with van der Waals surface area (Å²) >= 11 is 0. The number of nitrogens with one attached hydrogen (secondary N) is 1. The van der Waals surface area contributed by atoms with Crippen LogP contribution in [0, 0.1) is 5.92 Å². The van der Waals surface area contributed by atoms with E-state index in [1.807, 2.05) is 13.8 Å². The highest BCUT2D eigenvalue weighted by Gasteiger charge is 2.19. The van der Waals surface area contributed by atoms with E-state index in [1.54, 1.807) is 4.72 Å². The average molecular weight is 223 g/mol. The predicted molar refractivity (Wildman–Crippen MR) is 53.0 cm³/mol. The molecule has 0 saturated heterocycles. The molecule has 0 radical (unpaired) electrons. The molecule has 1 unspecified atom stereocenters. The molecule has 0 aromatic heterocycles. The van der Waals surface area contributed by atoms with Gasteiger partial charge >= 0.3 is 10.3 Å². The summed E-state index contributed by atoms with van der Waals surface area (Å²) in [4.78, 5) is 11.2. The molecule has 1 amide bonds. The average Bonchev–Trinajstić information content (AvgIpc) is 2.02. The molecule has 1 atom stereocenters. The summed E-state index contributed by atoms with van der Waals surface area (Å²) in [5, 5.41) is 0. The lowest BCUT2D eigenvalue weighted by Gasteiger charge is -2.12. The number of rotatable bonds is 6. The van der Waals surface area contributed by atoms with E-state index in [2.05, 4.69) is 0 Å². The number of carbonyl (C=O) groups is 1. The van der Waals surface area contributed by atoms with Crippen molar-refractivity contribution in [3.05, 3.63) is 0 Å². The van der Waals surface area contributed by atoms with Crippen LogP contribution in [-0.4, -0.2) is 18.9 Å². The van der Waals surface area contributed by atoms with Gasteiger partial charge in [0.1, 0.15) is 0 Å². The summed E-state index contributed by atoms with van der Waals surface area (Å²) in [5.74, 6) is -0.958. The zero-order valence-corrected chi connectivity index (χ0v) is 9.30. The summed E-state index contributed by atoms with van der Waals surface area (Å²) in [5.41, 5.74) is 0. The minimum Gasteiger partial charge on any atom is -0.274 e. The fourth-order valence-electron chi connectivity index (χ4n) is 1.18. The standard InChI is InChI=1S/C8H17NO4S/c1-3-5-6-7(4-2)8(10)9-14(11,12)13/h7H,3-6H2,1-2H3,(H,9,10)(H,11,12,13). The fourth-order valence-corrected chi connectivity index (χ4v) is 1.60. The van der Waals surface area contributed by atoms with Crippen molar-refractivity contribution in [3.63, 3.8) is 0 Å². The summed E-state index contributed by atoms with van der Waals surface area (Å²) in [6.45, 7) is 3.80. The molecule has 84 valence electrons. The van der Waals surface area contributed by atoms with Gasteiger partial charge in [0, 0.05) is 5.92 Å². The first-order valence-electron chi connectivity index (χ1n) is 4.69. The Morgan fingerprint density at radius 3 is 2.36 bits per heavy atom. The van der Waals surface area contributed by atoms with E-state index >= 15 is 0 Å². The van der Waals surface area contributed by atoms with Crippen LogP contribution >= 0.6 is 0 Å². The molecule has 2 N–H and O–H groups in total. The maximum absolute atomic E-state index is 11.2. The lowest BCUT2D eigenvalue weighted by Crippen LogP contribution is -2.35. The number of hydrogen-bond acceptors (Lipinski definition) is 3. The van der Waals surface area contributed by atoms with Gasteiger partial charge in [-0.3, -0.25) is 9.35 Å². The zero-order valence-electron chi connectivity index (χ0n) is 8.49. The van der Waals surface area contributed by atoms with Crippen molar-refractivity contribution in [2.45, 2.75) is 39.5 Å². The van der Waals surface area contributed by atoms with Crippen molar-refractivity contribution in [2.24, 2.45) is 5.92 Å². The van der Waals surface area contributed by atoms with Gasteiger partial charge < -0.3 is 0 Å². The van der Waals surface area contributed by atoms with Crippen molar-refractivity contribution in [3.8, 4) is 0 Å². The van der Waals surface area contributed by atoms with Crippen LogP contribution in [0.1, 0.15) is 39.5 Å². The van der Waals surface area contributed by atoms with Crippen LogP contribution in [0.4, 0.5) is 0 Å². The van der Waals surface area contributed by atoms with Gasteiger partial charge in [0.2, 0.25) is 5.91 Å². The summed E-state index contributed by atoms with van der Waals surface area (Å²) < 4.78 is 30.7. The molecule has 0 aromatic rings. The van der Waals surface area contributed by atoms with Gasteiger partial charge in [-0.15, -0.1) is 0 Å². The highest BCUT2D eigenvalue weighted by molar-refractivity contribution is 7.84. The smallest absolute Gasteiger partial charge is 0.274 e. The Hall–Kier alpha value is -0.620. The molecule has 0 fully saturated rings. The predicted octanol–water partition coefficient (Wildman–Crippen LogP) is 1.12. The molecule has 0 saturated carbocycles. The van der Waals surface area contributed by atoms with Crippen molar-refractivity contribution >= 4 is 16.2 Å². The molecular weight excluding hydrogens is 206 g/mol. The SMILES string of the molecule is CCCCC(CC)C(=O)NS(=O)(=O)O. The van der Waals surface area contributed by atoms with Crippen LogP contribution in [-0.2, 0) is 15.1 Å². The molecule has 6 heteroatoms. The van der Waals surface area contributed by atoms with Crippen LogP contribution in [0.5, 0.6) is 0 Å². The van der Waals surface area contributed by atoms with Gasteiger partial charge in [0.25, 0.3) is 0 Å². The number of amides is 1. The molecule has 0 aliphatic heterocycles. The van der Waals surface area contributed by atoms with Crippen molar-refractivity contribution in [1.82, 2.24) is 4.72 Å². The van der Waals surface area contributed by atoms with Gasteiger partial charge in [-0.25, -0.2) is 4.72 Å². The van der Waals surface area contributed by atoms with Crippen molar-refractivity contribution in [2.75, 3.05) is 0 Å². The molecule has 5 nitrogen and oxygen atoms in total. The normalized spacial score (nSPS) is 13.6. The van der Waals surface area contributed by atoms with E-state index in [9.17, 15) is 13.2 Å². The first kappa shape index (κ1) is 13.4. The van der Waals surface area contributed by atoms with Gasteiger partial charge in [-0.05, 0) is 12.8 Å². The minimum absolute atomic E-state index is 0.336. The van der Waals surface area contributed by atoms with Crippen LogP contribution < -0.4 is 4.72 Å². The molecular formula is C8H17NO4S. The zero-order chi connectivity index (χ0) is 11.2. The number of unbranched alkanes of at least 4 members (excludes halogenated alkanes) is 1. The minimum atomic E-state index is -4.40. The maximum atomic E-state index is 11.2. The van der Waals surface area contributed by atoms with E-state index in [4.69, 9.17) is 4.55 Å². The Labute approximate surface area is 84.8 Å². The second-order valence-corrected chi connectivity index (χ2v) is 4.34. The third-order valence-corrected chi connectivity index (χ3v) is 2.46. The second kappa shape index (κ2) is 5.98. The van der Waals surface area contributed by atoms with Crippen LogP contribution in [0.3, 0.4) is 0 Å². The third-order valence-electron chi connectivity index (χ3n) is 2.00. The van der Waals surface area contributed by atoms with Gasteiger partial charge in [-0.2, -0.15) is 8.42 Å². The Balaban J connectivity index is 4.18. The van der Waals surface area contributed by atoms with Gasteiger partial charge in [-0.1, -0.05) is 26.7 Å². The Bertz CT molecular complexity index is 273. The molecule has 14 heavy (non-hydrogen) atoms. The Morgan fingerprint density at radius 1 is 1.43 bits per heavy atom. The summed E-state index contributed by atoms with van der Waals surface area (Å²) in [6.07, 6.45) is 3.04. The first-order chi connectivity index (χ1) is 6.40. The Morgan fingerprint density at radius 2 is 2.00 bits per heavy atom. The molecule has 0 aliphatic carbocycles. The van der Waals surface area contributed by atoms with Crippen LogP contribution in [0.15, 0.2) is 0 Å². The quantitative estimate of drug-likeness (QED) is 0.661.